The normalized spacial score (nSPS) is 27.2. The van der Waals surface area contributed by atoms with Crippen molar-refractivity contribution in [2.45, 2.75) is 12.8 Å². The summed E-state index contributed by atoms with van der Waals surface area (Å²) in [5.41, 5.74) is 0. The van der Waals surface area contributed by atoms with E-state index in [1.54, 1.807) is 0 Å². The van der Waals surface area contributed by atoms with Crippen LogP contribution in [-0.2, 0) is 15.1 Å². The van der Waals surface area contributed by atoms with Gasteiger partial charge in [-0.1, -0.05) is 0 Å². The Bertz CT molecular complexity index is 336. The minimum absolute atomic E-state index is 0. The fourth-order valence-electron chi connectivity index (χ4n) is 2.58. The fraction of sp³-hybridized carbons (Fsp3) is 0.200. The molecule has 0 nitrogen and oxygen atoms in total. The SMILES string of the molecule is Br.Br.C1=CC[C]([Ti]2([C]3=CC=CC3)[SiH2][SiH2]2)=C1. The molecule has 0 aromatic carbocycles. The molecule has 0 spiro atoms. The molecule has 3 rings (SSSR count). The van der Waals surface area contributed by atoms with Gasteiger partial charge in [-0.3, -0.25) is 0 Å². The van der Waals surface area contributed by atoms with Crippen LogP contribution in [0.3, 0.4) is 0 Å². The monoisotopic (exact) mass is 398 g/mol. The Morgan fingerprint density at radius 2 is 1.33 bits per heavy atom. The van der Waals surface area contributed by atoms with Crippen LogP contribution >= 0.6 is 34.0 Å². The molecule has 15 heavy (non-hydrogen) atoms. The van der Waals surface area contributed by atoms with E-state index in [9.17, 15) is 0 Å². The van der Waals surface area contributed by atoms with Crippen LogP contribution in [0.15, 0.2) is 44.2 Å². The molecule has 0 atom stereocenters. The number of halogens is 2. The van der Waals surface area contributed by atoms with E-state index in [1.807, 2.05) is 7.76 Å². The van der Waals surface area contributed by atoms with Crippen molar-refractivity contribution in [3.05, 3.63) is 44.2 Å². The van der Waals surface area contributed by atoms with Crippen LogP contribution in [-0.4, -0.2) is 13.8 Å². The molecule has 0 saturated carbocycles. The molecule has 0 aromatic rings. The van der Waals surface area contributed by atoms with Crippen molar-refractivity contribution in [3.63, 3.8) is 0 Å². The fourth-order valence-corrected chi connectivity index (χ4v) is 52.6. The van der Waals surface area contributed by atoms with E-state index in [-0.39, 0.29) is 34.0 Å². The van der Waals surface area contributed by atoms with Crippen molar-refractivity contribution in [2.75, 3.05) is 0 Å². The predicted octanol–water partition coefficient (Wildman–Crippen LogP) is 2.08. The van der Waals surface area contributed by atoms with Gasteiger partial charge in [-0.2, -0.15) is 0 Å². The molecule has 1 saturated heterocycles. The topological polar surface area (TPSA) is 0 Å². The first-order valence-corrected chi connectivity index (χ1v) is 18.7. The summed E-state index contributed by atoms with van der Waals surface area (Å²) in [6, 6.07) is 0. The Morgan fingerprint density at radius 3 is 1.60 bits per heavy atom. The average molecular weight is 400 g/mol. The number of allylic oxidation sites excluding steroid dienone is 8. The second-order valence-corrected chi connectivity index (χ2v) is 41.7. The molecule has 2 aliphatic carbocycles. The zero-order valence-electron chi connectivity index (χ0n) is 8.61. The van der Waals surface area contributed by atoms with Gasteiger partial charge in [0.05, 0.1) is 0 Å². The molecule has 0 amide bonds. The van der Waals surface area contributed by atoms with Crippen molar-refractivity contribution in [1.29, 1.82) is 0 Å². The van der Waals surface area contributed by atoms with E-state index in [4.69, 9.17) is 0 Å². The summed E-state index contributed by atoms with van der Waals surface area (Å²) in [5, 5.41) is 0. The molecule has 1 heterocycles. The molecule has 0 aromatic heterocycles. The summed E-state index contributed by atoms with van der Waals surface area (Å²) in [6.45, 7) is 1.05. The van der Waals surface area contributed by atoms with Gasteiger partial charge in [-0.05, 0) is 0 Å². The molecular weight excluding hydrogens is 384 g/mol. The van der Waals surface area contributed by atoms with Crippen LogP contribution in [0.25, 0.3) is 0 Å². The Labute approximate surface area is 119 Å². The Morgan fingerprint density at radius 1 is 0.867 bits per heavy atom. The molecule has 3 aliphatic rings. The zero-order valence-corrected chi connectivity index (χ0v) is 16.4. The van der Waals surface area contributed by atoms with Crippen LogP contribution < -0.4 is 0 Å². The van der Waals surface area contributed by atoms with Gasteiger partial charge in [-0.15, -0.1) is 34.0 Å². The number of hydrogen-bond acceptors (Lipinski definition) is 0. The summed E-state index contributed by atoms with van der Waals surface area (Å²) in [5.74, 6) is 0. The molecule has 82 valence electrons. The van der Waals surface area contributed by atoms with E-state index >= 15 is 0 Å². The third-order valence-electron chi connectivity index (χ3n) is 3.52. The van der Waals surface area contributed by atoms with Crippen molar-refractivity contribution in [2.24, 2.45) is 0 Å². The van der Waals surface area contributed by atoms with Crippen LogP contribution in [0.2, 0.25) is 0 Å². The van der Waals surface area contributed by atoms with Crippen LogP contribution in [0.5, 0.6) is 0 Å². The summed E-state index contributed by atoms with van der Waals surface area (Å²) in [6.07, 6.45) is 17.0. The van der Waals surface area contributed by atoms with Crippen molar-refractivity contribution >= 4 is 47.8 Å². The maximum atomic E-state index is 2.48. The standard InChI is InChI=1S/2C5H5.2BrH.H4Si2.Ti/c2*1-2-4-5-3-1;;;1-2;/h2*1-3H,4H2;2*1H;1-2H2;. The summed E-state index contributed by atoms with van der Waals surface area (Å²) >= 11 is -1.24. The molecule has 0 unspecified atom stereocenters. The van der Waals surface area contributed by atoms with Gasteiger partial charge in [0.15, 0.2) is 0 Å². The third kappa shape index (κ3) is 2.50. The van der Waals surface area contributed by atoms with E-state index in [1.165, 1.54) is 12.8 Å². The van der Waals surface area contributed by atoms with Crippen LogP contribution in [0.4, 0.5) is 0 Å². The second-order valence-electron chi connectivity index (χ2n) is 4.23. The van der Waals surface area contributed by atoms with Gasteiger partial charge in [0.2, 0.25) is 0 Å². The Kier molecular flexibility index (Phi) is 5.28. The summed E-state index contributed by atoms with van der Waals surface area (Å²) < 4.78 is 3.93. The van der Waals surface area contributed by atoms with Crippen molar-refractivity contribution in [1.82, 2.24) is 0 Å². The number of rotatable bonds is 2. The Balaban J connectivity index is 0.000000562. The first-order chi connectivity index (χ1) is 6.42. The van der Waals surface area contributed by atoms with E-state index in [2.05, 4.69) is 36.5 Å². The quantitative estimate of drug-likeness (QED) is 0.623. The predicted molar refractivity (Wildman–Crippen MR) is 81.4 cm³/mol. The van der Waals surface area contributed by atoms with Crippen LogP contribution in [0.1, 0.15) is 12.8 Å². The first-order valence-electron chi connectivity index (χ1n) is 5.14. The van der Waals surface area contributed by atoms with Gasteiger partial charge in [0.25, 0.3) is 0 Å². The summed E-state index contributed by atoms with van der Waals surface area (Å²) in [7, 11) is 0. The van der Waals surface area contributed by atoms with Crippen molar-refractivity contribution < 1.29 is 15.1 Å². The van der Waals surface area contributed by atoms with Crippen molar-refractivity contribution in [3.8, 4) is 0 Å². The molecule has 0 radical (unpaired) electrons. The summed E-state index contributed by atoms with van der Waals surface area (Å²) in [4.78, 5) is 0. The molecule has 1 aliphatic heterocycles. The van der Waals surface area contributed by atoms with E-state index in [0.717, 1.165) is 0 Å². The maximum absolute atomic E-state index is 2.48. The molecule has 1 fully saturated rings. The van der Waals surface area contributed by atoms with Gasteiger partial charge in [0, 0.05) is 0 Å². The minimum atomic E-state index is -1.24. The Hall–Kier alpha value is 1.07. The van der Waals surface area contributed by atoms with Gasteiger partial charge < -0.3 is 0 Å². The van der Waals surface area contributed by atoms with Gasteiger partial charge in [0.1, 0.15) is 0 Å². The van der Waals surface area contributed by atoms with Gasteiger partial charge in [-0.25, -0.2) is 0 Å². The van der Waals surface area contributed by atoms with Crippen LogP contribution in [0, 0.1) is 0 Å². The molecule has 0 N–H and O–H groups in total. The first kappa shape index (κ1) is 14.1. The van der Waals surface area contributed by atoms with E-state index < -0.39 is 15.1 Å². The average Bonchev–Trinajstić information content (AvgIpc) is 2.68. The molecule has 5 heteroatoms. The zero-order chi connectivity index (χ0) is 8.73. The second kappa shape index (κ2) is 5.60. The van der Waals surface area contributed by atoms with Gasteiger partial charge >= 0.3 is 86.0 Å². The number of hydrogen-bond donors (Lipinski definition) is 0. The molecule has 0 bridgehead atoms. The van der Waals surface area contributed by atoms with E-state index in [0.29, 0.717) is 13.8 Å². The molecular formula is C10H16Br2Si2Ti. The third-order valence-corrected chi connectivity index (χ3v) is 43.1.